The van der Waals surface area contributed by atoms with Gasteiger partial charge in [-0.25, -0.2) is 0 Å². The third-order valence-electron chi connectivity index (χ3n) is 8.12. The molecule has 29 heavy (non-hydrogen) atoms. The standard InChI is InChI=1S/2C13H17.2ClH.Zr/c2*1-3-7-12-10(5-1)9-11-6-2-4-8-13(11)12;;;/h2*1,3,5,7,9-13H,2,4,6,8H2;2*1H;/q2*-1;;;+4/p-2. The number of halogens is 2. The van der Waals surface area contributed by atoms with E-state index in [1.165, 1.54) is 51.4 Å². The molecule has 6 rings (SSSR count). The van der Waals surface area contributed by atoms with Crippen LogP contribution in [0.25, 0.3) is 0 Å². The van der Waals surface area contributed by atoms with E-state index in [2.05, 4.69) is 61.4 Å². The van der Waals surface area contributed by atoms with Crippen molar-refractivity contribution in [2.75, 3.05) is 0 Å². The second kappa shape index (κ2) is 11.9. The predicted octanol–water partition coefficient (Wildman–Crippen LogP) is 0.744. The maximum Gasteiger partial charge on any atom is 4.00 e. The number of allylic oxidation sites excluding steroid dienone is 8. The van der Waals surface area contributed by atoms with E-state index >= 15 is 0 Å². The Bertz CT molecular complexity index is 568. The summed E-state index contributed by atoms with van der Waals surface area (Å²) in [7, 11) is 0. The Labute approximate surface area is 210 Å². The molecule has 156 valence electrons. The molecule has 0 bridgehead atoms. The van der Waals surface area contributed by atoms with Crippen LogP contribution >= 0.6 is 0 Å². The smallest absolute Gasteiger partial charge is 1.00 e. The van der Waals surface area contributed by atoms with Crippen LogP contribution in [-0.2, 0) is 26.2 Å². The first-order valence-corrected chi connectivity index (χ1v) is 11.3. The molecule has 6 aliphatic rings. The van der Waals surface area contributed by atoms with E-state index in [1.807, 2.05) is 0 Å². The van der Waals surface area contributed by atoms with Gasteiger partial charge in [0.2, 0.25) is 0 Å². The van der Waals surface area contributed by atoms with Gasteiger partial charge < -0.3 is 37.7 Å². The molecule has 0 spiro atoms. The Morgan fingerprint density at radius 2 is 0.897 bits per heavy atom. The van der Waals surface area contributed by atoms with E-state index < -0.39 is 0 Å². The Kier molecular flexibility index (Phi) is 10.5. The van der Waals surface area contributed by atoms with Crippen molar-refractivity contribution in [3.8, 4) is 0 Å². The second-order valence-electron chi connectivity index (χ2n) is 9.46. The summed E-state index contributed by atoms with van der Waals surface area (Å²) in [5, 5.41) is 0. The van der Waals surface area contributed by atoms with Crippen molar-refractivity contribution in [2.24, 2.45) is 47.3 Å². The molecule has 0 amide bonds. The maximum absolute atomic E-state index is 2.62. The molecule has 4 saturated carbocycles. The van der Waals surface area contributed by atoms with E-state index in [0.29, 0.717) is 0 Å². The topological polar surface area (TPSA) is 0 Å². The second-order valence-corrected chi connectivity index (χ2v) is 9.46. The average molecular weight is 509 g/mol. The van der Waals surface area contributed by atoms with Gasteiger partial charge in [0.05, 0.1) is 0 Å². The Balaban J connectivity index is 0.000000187. The normalized spacial score (nSPS) is 42.5. The summed E-state index contributed by atoms with van der Waals surface area (Å²) < 4.78 is 0. The SMILES string of the molecule is C1=CC2[CH-]C3CCCCC3C2C=C1.C1=CC2[CH-]C3CCCCC3C2C=C1.[Cl-].[Cl-].[Zr+4]. The fraction of sp³-hybridized carbons (Fsp3) is 0.615. The molecule has 0 aromatic rings. The zero-order valence-electron chi connectivity index (χ0n) is 17.3. The third-order valence-corrected chi connectivity index (χ3v) is 8.12. The van der Waals surface area contributed by atoms with Gasteiger partial charge in [-0.1, -0.05) is 99.7 Å². The molecule has 3 heteroatoms. The van der Waals surface area contributed by atoms with Gasteiger partial charge in [0.25, 0.3) is 0 Å². The van der Waals surface area contributed by atoms with Crippen LogP contribution in [0, 0.1) is 60.2 Å². The maximum atomic E-state index is 2.62. The van der Waals surface area contributed by atoms with Gasteiger partial charge >= 0.3 is 26.2 Å². The van der Waals surface area contributed by atoms with E-state index in [9.17, 15) is 0 Å². The van der Waals surface area contributed by atoms with E-state index in [0.717, 1.165) is 47.3 Å². The van der Waals surface area contributed by atoms with Crippen molar-refractivity contribution >= 4 is 0 Å². The largest absolute Gasteiger partial charge is 4.00 e. The zero-order valence-corrected chi connectivity index (χ0v) is 21.3. The predicted molar refractivity (Wildman–Crippen MR) is 110 cm³/mol. The van der Waals surface area contributed by atoms with Gasteiger partial charge in [-0.15, -0.1) is 24.0 Å². The summed E-state index contributed by atoms with van der Waals surface area (Å²) in [6.07, 6.45) is 35.5. The Hall–Kier alpha value is 0.423. The molecule has 4 fully saturated rings. The number of fused-ring (bicyclic) bond motifs is 6. The van der Waals surface area contributed by atoms with Crippen molar-refractivity contribution in [3.05, 3.63) is 61.4 Å². The molecular formula is C26H34Cl2Zr. The number of rotatable bonds is 0. The molecule has 0 aromatic carbocycles. The molecule has 8 unspecified atom stereocenters. The van der Waals surface area contributed by atoms with E-state index in [4.69, 9.17) is 0 Å². The molecule has 0 aromatic heterocycles. The summed E-state index contributed by atoms with van der Waals surface area (Å²) in [6, 6.07) is 0. The van der Waals surface area contributed by atoms with Crippen molar-refractivity contribution < 1.29 is 51.0 Å². The molecule has 0 N–H and O–H groups in total. The van der Waals surface area contributed by atoms with Crippen molar-refractivity contribution in [1.29, 1.82) is 0 Å². The van der Waals surface area contributed by atoms with Gasteiger partial charge in [-0.05, 0) is 11.8 Å². The van der Waals surface area contributed by atoms with Gasteiger partial charge in [-0.2, -0.15) is 11.8 Å². The first-order valence-electron chi connectivity index (χ1n) is 11.3. The fourth-order valence-corrected chi connectivity index (χ4v) is 6.91. The molecular weight excluding hydrogens is 474 g/mol. The summed E-state index contributed by atoms with van der Waals surface area (Å²) in [5.41, 5.74) is 0. The summed E-state index contributed by atoms with van der Waals surface area (Å²) in [4.78, 5) is 0. The van der Waals surface area contributed by atoms with Gasteiger partial charge in [0, 0.05) is 0 Å². The minimum atomic E-state index is 0. The zero-order chi connectivity index (χ0) is 17.3. The molecule has 0 saturated heterocycles. The van der Waals surface area contributed by atoms with Gasteiger partial charge in [-0.3, -0.25) is 0 Å². The van der Waals surface area contributed by atoms with Crippen LogP contribution in [0.3, 0.4) is 0 Å². The summed E-state index contributed by atoms with van der Waals surface area (Å²) in [6.45, 7) is 0. The first kappa shape index (κ1) is 25.7. The van der Waals surface area contributed by atoms with Crippen LogP contribution in [-0.4, -0.2) is 0 Å². The number of hydrogen-bond donors (Lipinski definition) is 0. The van der Waals surface area contributed by atoms with Crippen LogP contribution in [0.5, 0.6) is 0 Å². The Morgan fingerprint density at radius 3 is 1.34 bits per heavy atom. The fourth-order valence-electron chi connectivity index (χ4n) is 6.91. The first-order chi connectivity index (χ1) is 12.9. The molecule has 6 aliphatic carbocycles. The third kappa shape index (κ3) is 5.44. The Morgan fingerprint density at radius 1 is 0.517 bits per heavy atom. The minimum Gasteiger partial charge on any atom is -1.00 e. The van der Waals surface area contributed by atoms with E-state index in [1.54, 1.807) is 0 Å². The van der Waals surface area contributed by atoms with Crippen LogP contribution < -0.4 is 24.8 Å². The van der Waals surface area contributed by atoms with E-state index in [-0.39, 0.29) is 51.0 Å². The van der Waals surface area contributed by atoms with Gasteiger partial charge in [0.15, 0.2) is 0 Å². The average Bonchev–Trinajstić information content (AvgIpc) is 3.27. The molecule has 8 atom stereocenters. The quantitative estimate of drug-likeness (QED) is 0.424. The molecule has 0 aliphatic heterocycles. The molecule has 0 heterocycles. The monoisotopic (exact) mass is 506 g/mol. The molecule has 0 nitrogen and oxygen atoms in total. The minimum absolute atomic E-state index is 0. The summed E-state index contributed by atoms with van der Waals surface area (Å²) >= 11 is 0. The van der Waals surface area contributed by atoms with Crippen LogP contribution in [0.15, 0.2) is 48.6 Å². The van der Waals surface area contributed by atoms with Crippen molar-refractivity contribution in [3.63, 3.8) is 0 Å². The van der Waals surface area contributed by atoms with Crippen LogP contribution in [0.2, 0.25) is 0 Å². The van der Waals surface area contributed by atoms with Crippen molar-refractivity contribution in [1.82, 2.24) is 0 Å². The molecule has 0 radical (unpaired) electrons. The van der Waals surface area contributed by atoms with Crippen LogP contribution in [0.4, 0.5) is 0 Å². The van der Waals surface area contributed by atoms with Crippen LogP contribution in [0.1, 0.15) is 51.4 Å². The number of hydrogen-bond acceptors (Lipinski definition) is 0. The summed E-state index contributed by atoms with van der Waals surface area (Å²) in [5.74, 6) is 7.12. The van der Waals surface area contributed by atoms with Crippen molar-refractivity contribution in [2.45, 2.75) is 51.4 Å². The van der Waals surface area contributed by atoms with Gasteiger partial charge in [0.1, 0.15) is 0 Å².